The zero-order valence-electron chi connectivity index (χ0n) is 7.11. The summed E-state index contributed by atoms with van der Waals surface area (Å²) >= 11 is 19.0. The molecular weight excluding hydrogens is 391 g/mol. The second kappa shape index (κ2) is 6.26. The monoisotopic (exact) mass is 394 g/mol. The molecule has 0 saturated carbocycles. The molecule has 0 N–H and O–H groups in total. The Hall–Kier alpha value is 1.46. The van der Waals surface area contributed by atoms with Gasteiger partial charge >= 0.3 is 0 Å². The molecule has 0 aliphatic carbocycles. The number of benzene rings is 1. The molecule has 0 fully saturated rings. The van der Waals surface area contributed by atoms with E-state index in [-0.39, 0.29) is 0 Å². The van der Waals surface area contributed by atoms with Gasteiger partial charge in [-0.2, -0.15) is 0 Å². The smallest absolute Gasteiger partial charge is 0.0708 e. The minimum absolute atomic E-state index is 0.671. The van der Waals surface area contributed by atoms with Gasteiger partial charge < -0.3 is 0 Å². The van der Waals surface area contributed by atoms with Crippen LogP contribution in [0.3, 0.4) is 0 Å². The topological polar surface area (TPSA) is 0 Å². The molecule has 0 atom stereocenters. The lowest BCUT2D eigenvalue weighted by atomic mass is 10.4. The van der Waals surface area contributed by atoms with Crippen LogP contribution in [0, 0.1) is 0 Å². The summed E-state index contributed by atoms with van der Waals surface area (Å²) in [4.78, 5) is 0.904. The summed E-state index contributed by atoms with van der Waals surface area (Å²) in [5.41, 5.74) is 0. The van der Waals surface area contributed by atoms with E-state index >= 15 is 0 Å². The fourth-order valence-corrected chi connectivity index (χ4v) is 4.83. The summed E-state index contributed by atoms with van der Waals surface area (Å²) in [6.07, 6.45) is 0. The van der Waals surface area contributed by atoms with Crippen molar-refractivity contribution in [3.05, 3.63) is 25.1 Å². The Bertz CT molecular complexity index is 318. The Kier molecular flexibility index (Phi) is 6.05. The Morgan fingerprint density at radius 2 is 1.71 bits per heavy atom. The van der Waals surface area contributed by atoms with E-state index in [1.807, 2.05) is 6.07 Å². The van der Waals surface area contributed by atoms with Crippen LogP contribution in [0.2, 0.25) is 10.0 Å². The van der Waals surface area contributed by atoms with Gasteiger partial charge in [0.1, 0.15) is 0 Å². The molecule has 1 rings (SSSR count). The van der Waals surface area contributed by atoms with Crippen molar-refractivity contribution in [1.82, 2.24) is 0 Å². The zero-order chi connectivity index (χ0) is 10.7. The lowest BCUT2D eigenvalue weighted by molar-refractivity contribution is 1.41. The van der Waals surface area contributed by atoms with Gasteiger partial charge in [0.05, 0.1) is 14.9 Å². The van der Waals surface area contributed by atoms with E-state index < -0.39 is 0 Å². The van der Waals surface area contributed by atoms with Crippen LogP contribution in [-0.4, -0.2) is 5.75 Å². The van der Waals surface area contributed by atoms with Crippen LogP contribution in [0.25, 0.3) is 0 Å². The fraction of sp³-hybridized carbons (Fsp3) is 0.250. The van der Waals surface area contributed by atoms with E-state index in [0.29, 0.717) is 10.0 Å². The van der Waals surface area contributed by atoms with Gasteiger partial charge in [0.25, 0.3) is 0 Å². The van der Waals surface area contributed by atoms with Crippen LogP contribution in [-0.2, 0) is 0 Å². The zero-order valence-corrected chi connectivity index (χ0v) is 13.4. The first-order valence-electron chi connectivity index (χ1n) is 3.70. The van der Waals surface area contributed by atoms with Crippen LogP contribution in [0.1, 0.15) is 6.92 Å². The van der Waals surface area contributed by atoms with Crippen molar-refractivity contribution in [2.24, 2.45) is 0 Å². The second-order valence-electron chi connectivity index (χ2n) is 2.29. The van der Waals surface area contributed by atoms with Gasteiger partial charge in [0, 0.05) is 14.7 Å². The summed E-state index contributed by atoms with van der Waals surface area (Å²) in [6.45, 7) is 2.09. The molecule has 0 spiro atoms. The van der Waals surface area contributed by atoms with E-state index in [1.54, 1.807) is 21.6 Å². The average Bonchev–Trinajstić information content (AvgIpc) is 2.15. The predicted molar refractivity (Wildman–Crippen MR) is 75.9 cm³/mol. The molecule has 6 heteroatoms. The van der Waals surface area contributed by atoms with E-state index in [1.165, 1.54) is 0 Å². The molecule has 1 aromatic carbocycles. The van der Waals surface area contributed by atoms with Gasteiger partial charge in [-0.3, -0.25) is 0 Å². The van der Waals surface area contributed by atoms with Crippen molar-refractivity contribution in [3.63, 3.8) is 0 Å². The molecular formula is C8H6Br2Cl2S2. The number of halogens is 4. The minimum Gasteiger partial charge on any atom is -0.0891 e. The van der Waals surface area contributed by atoms with E-state index in [9.17, 15) is 0 Å². The molecule has 0 nitrogen and oxygen atoms in total. The van der Waals surface area contributed by atoms with Gasteiger partial charge in [-0.25, -0.2) is 0 Å². The first-order valence-corrected chi connectivity index (χ1v) is 8.36. The minimum atomic E-state index is 0.671. The quantitative estimate of drug-likeness (QED) is 0.435. The van der Waals surface area contributed by atoms with Gasteiger partial charge in [0.15, 0.2) is 0 Å². The number of hydrogen-bond donors (Lipinski definition) is 0. The number of hydrogen-bond acceptors (Lipinski definition) is 2. The Balaban J connectivity index is 3.11. The molecule has 78 valence electrons. The second-order valence-corrected chi connectivity index (χ2v) is 7.35. The highest BCUT2D eigenvalue weighted by molar-refractivity contribution is 9.11. The van der Waals surface area contributed by atoms with Crippen LogP contribution >= 0.6 is 76.6 Å². The van der Waals surface area contributed by atoms with E-state index in [4.69, 9.17) is 23.2 Å². The third-order valence-corrected chi connectivity index (χ3v) is 6.54. The van der Waals surface area contributed by atoms with Crippen LogP contribution < -0.4 is 0 Å². The first kappa shape index (κ1) is 13.5. The van der Waals surface area contributed by atoms with E-state index in [2.05, 4.69) is 38.8 Å². The predicted octanol–water partition coefficient (Wildman–Crippen LogP) is 6.28. The lowest BCUT2D eigenvalue weighted by Crippen LogP contribution is -1.80. The van der Waals surface area contributed by atoms with Gasteiger partial charge in [0.2, 0.25) is 0 Å². The van der Waals surface area contributed by atoms with Gasteiger partial charge in [-0.05, 0) is 37.9 Å². The van der Waals surface area contributed by atoms with Crippen LogP contribution in [0.15, 0.2) is 19.9 Å². The molecule has 14 heavy (non-hydrogen) atoms. The maximum absolute atomic E-state index is 6.12. The van der Waals surface area contributed by atoms with E-state index in [0.717, 1.165) is 19.6 Å². The summed E-state index contributed by atoms with van der Waals surface area (Å²) < 4.78 is 1.71. The molecule has 0 aliphatic rings. The Morgan fingerprint density at radius 3 is 2.14 bits per heavy atom. The van der Waals surface area contributed by atoms with Crippen molar-refractivity contribution in [1.29, 1.82) is 0 Å². The van der Waals surface area contributed by atoms with Crippen LogP contribution in [0.5, 0.6) is 0 Å². The molecule has 1 aromatic rings. The molecule has 0 bridgehead atoms. The fourth-order valence-electron chi connectivity index (χ4n) is 0.742. The summed E-state index contributed by atoms with van der Waals surface area (Å²) in [7, 11) is 3.31. The first-order chi connectivity index (χ1) is 6.57. The SMILES string of the molecule is CCSSc1c(Cl)c(Br)cc(Br)c1Cl. The summed E-state index contributed by atoms with van der Waals surface area (Å²) in [6, 6.07) is 1.85. The van der Waals surface area contributed by atoms with Crippen molar-refractivity contribution in [2.75, 3.05) is 5.75 Å². The third-order valence-electron chi connectivity index (χ3n) is 1.33. The Labute approximate surface area is 118 Å². The van der Waals surface area contributed by atoms with Crippen molar-refractivity contribution < 1.29 is 0 Å². The third kappa shape index (κ3) is 3.22. The van der Waals surface area contributed by atoms with Gasteiger partial charge in [-0.15, -0.1) is 0 Å². The van der Waals surface area contributed by atoms with Gasteiger partial charge in [-0.1, -0.05) is 51.7 Å². The largest absolute Gasteiger partial charge is 0.0891 e. The average molecular weight is 397 g/mol. The highest BCUT2D eigenvalue weighted by Crippen LogP contribution is 2.46. The molecule has 0 amide bonds. The maximum atomic E-state index is 6.12. The van der Waals surface area contributed by atoms with Crippen LogP contribution in [0.4, 0.5) is 0 Å². The summed E-state index contributed by atoms with van der Waals surface area (Å²) in [5, 5.41) is 1.34. The standard InChI is InChI=1S/C8H6Br2Cl2S2/c1-2-13-14-8-6(11)4(9)3-5(10)7(8)12/h3H,2H2,1H3. The molecule has 0 aromatic heterocycles. The number of rotatable bonds is 3. The highest BCUT2D eigenvalue weighted by Gasteiger charge is 2.13. The maximum Gasteiger partial charge on any atom is 0.0708 e. The molecule has 0 radical (unpaired) electrons. The summed E-state index contributed by atoms with van der Waals surface area (Å²) in [5.74, 6) is 1.02. The van der Waals surface area contributed by atoms with Crippen molar-refractivity contribution in [3.8, 4) is 0 Å². The lowest BCUT2D eigenvalue weighted by Gasteiger charge is -2.08. The molecule has 0 unspecified atom stereocenters. The molecule has 0 saturated heterocycles. The Morgan fingerprint density at radius 1 is 1.21 bits per heavy atom. The molecule has 0 aliphatic heterocycles. The molecule has 0 heterocycles. The normalized spacial score (nSPS) is 10.6. The van der Waals surface area contributed by atoms with Crippen molar-refractivity contribution >= 4 is 76.6 Å². The van der Waals surface area contributed by atoms with Crippen molar-refractivity contribution in [2.45, 2.75) is 11.8 Å². The highest BCUT2D eigenvalue weighted by atomic mass is 79.9.